The van der Waals surface area contributed by atoms with Crippen LogP contribution in [-0.2, 0) is 4.79 Å². The lowest BCUT2D eigenvalue weighted by Crippen LogP contribution is -2.37. The number of H-pyrrole nitrogens is 1. The Morgan fingerprint density at radius 2 is 2.00 bits per heavy atom. The molecule has 2 aliphatic rings. The van der Waals surface area contributed by atoms with Crippen LogP contribution >= 0.6 is 0 Å². The molecular formula is C30H30N6O2. The Kier molecular flexibility index (Phi) is 6.17. The van der Waals surface area contributed by atoms with Crippen molar-refractivity contribution in [2.75, 3.05) is 18.4 Å². The van der Waals surface area contributed by atoms with E-state index >= 15 is 0 Å². The molecule has 2 aliphatic heterocycles. The fourth-order valence-electron chi connectivity index (χ4n) is 5.34. The molecule has 38 heavy (non-hydrogen) atoms. The Morgan fingerprint density at radius 1 is 1.16 bits per heavy atom. The first kappa shape index (κ1) is 23.9. The second-order valence-corrected chi connectivity index (χ2v) is 9.95. The van der Waals surface area contributed by atoms with Crippen LogP contribution in [0.1, 0.15) is 45.7 Å². The van der Waals surface area contributed by atoms with Gasteiger partial charge in [-0.05, 0) is 74.7 Å². The first-order valence-corrected chi connectivity index (χ1v) is 13.0. The van der Waals surface area contributed by atoms with Gasteiger partial charge in [-0.2, -0.15) is 5.10 Å². The Labute approximate surface area is 221 Å². The number of carbonyl (C=O) groups is 2. The minimum atomic E-state index is -0.165. The van der Waals surface area contributed by atoms with E-state index in [9.17, 15) is 9.59 Å². The Morgan fingerprint density at radius 3 is 2.79 bits per heavy atom. The molecule has 0 spiro atoms. The molecule has 6 rings (SSSR count). The van der Waals surface area contributed by atoms with Crippen LogP contribution in [0.2, 0.25) is 0 Å². The number of amides is 2. The summed E-state index contributed by atoms with van der Waals surface area (Å²) in [7, 11) is 0. The Hall–Kier alpha value is -4.43. The summed E-state index contributed by atoms with van der Waals surface area (Å²) < 4.78 is 1.84. The van der Waals surface area contributed by atoms with E-state index in [4.69, 9.17) is 0 Å². The minimum Gasteiger partial charge on any atom is -0.358 e. The predicted octanol–water partition coefficient (Wildman–Crippen LogP) is 4.46. The first-order chi connectivity index (χ1) is 18.5. The van der Waals surface area contributed by atoms with Gasteiger partial charge in [-0.15, -0.1) is 0 Å². The molecule has 0 saturated carbocycles. The zero-order valence-corrected chi connectivity index (χ0v) is 21.5. The van der Waals surface area contributed by atoms with Gasteiger partial charge < -0.3 is 20.9 Å². The monoisotopic (exact) mass is 506 g/mol. The number of hydrogen-bond donors (Lipinski definition) is 4. The van der Waals surface area contributed by atoms with E-state index in [0.717, 1.165) is 64.4 Å². The predicted molar refractivity (Wildman–Crippen MR) is 149 cm³/mol. The Balaban J connectivity index is 1.28. The number of fused-ring (bicyclic) bond motifs is 1. The third kappa shape index (κ3) is 4.43. The molecule has 1 fully saturated rings. The maximum atomic E-state index is 13.0. The second-order valence-electron chi connectivity index (χ2n) is 9.95. The highest BCUT2D eigenvalue weighted by Crippen LogP contribution is 2.37. The van der Waals surface area contributed by atoms with Gasteiger partial charge in [-0.1, -0.05) is 24.3 Å². The number of anilines is 1. The highest BCUT2D eigenvalue weighted by molar-refractivity contribution is 6.35. The summed E-state index contributed by atoms with van der Waals surface area (Å²) in [5, 5.41) is 13.9. The molecule has 2 amide bonds. The number of carbonyl (C=O) groups excluding carboxylic acids is 2. The van der Waals surface area contributed by atoms with E-state index in [1.807, 2.05) is 85.5 Å². The van der Waals surface area contributed by atoms with Crippen LogP contribution in [0, 0.1) is 13.8 Å². The van der Waals surface area contributed by atoms with Gasteiger partial charge in [-0.3, -0.25) is 9.59 Å². The van der Waals surface area contributed by atoms with E-state index in [2.05, 4.69) is 26.0 Å². The van der Waals surface area contributed by atoms with Crippen molar-refractivity contribution in [1.82, 2.24) is 25.4 Å². The van der Waals surface area contributed by atoms with Crippen LogP contribution in [0.4, 0.5) is 5.69 Å². The van der Waals surface area contributed by atoms with Crippen LogP contribution in [0.3, 0.4) is 0 Å². The molecule has 0 radical (unpaired) electrons. The molecule has 1 atom stereocenters. The highest BCUT2D eigenvalue weighted by Gasteiger charge is 2.26. The van der Waals surface area contributed by atoms with Crippen LogP contribution in [0.5, 0.6) is 0 Å². The number of nitrogens with zero attached hydrogens (tertiary/aromatic N) is 2. The summed E-state index contributed by atoms with van der Waals surface area (Å²) in [5.74, 6) is -0.259. The number of rotatable bonds is 6. The van der Waals surface area contributed by atoms with Crippen molar-refractivity contribution in [2.45, 2.75) is 32.7 Å². The lowest BCUT2D eigenvalue weighted by molar-refractivity contribution is -0.110. The van der Waals surface area contributed by atoms with Crippen molar-refractivity contribution in [2.24, 2.45) is 0 Å². The summed E-state index contributed by atoms with van der Waals surface area (Å²) in [6.45, 7) is 5.42. The highest BCUT2D eigenvalue weighted by atomic mass is 16.2. The van der Waals surface area contributed by atoms with E-state index in [0.29, 0.717) is 23.7 Å². The summed E-state index contributed by atoms with van der Waals surface area (Å²) in [6, 6.07) is 16.2. The van der Waals surface area contributed by atoms with Gasteiger partial charge in [-0.25, -0.2) is 4.68 Å². The molecule has 2 aromatic carbocycles. The van der Waals surface area contributed by atoms with E-state index in [1.165, 1.54) is 0 Å². The van der Waals surface area contributed by atoms with Crippen molar-refractivity contribution in [1.29, 1.82) is 0 Å². The number of nitrogens with one attached hydrogen (secondary N) is 4. The molecule has 4 aromatic rings. The maximum Gasteiger partial charge on any atom is 0.256 e. The van der Waals surface area contributed by atoms with Crippen LogP contribution in [-0.4, -0.2) is 45.7 Å². The molecule has 0 bridgehead atoms. The largest absolute Gasteiger partial charge is 0.358 e. The van der Waals surface area contributed by atoms with Crippen LogP contribution in [0.15, 0.2) is 60.9 Å². The molecule has 4 heterocycles. The lowest BCUT2D eigenvalue weighted by atomic mass is 9.99. The summed E-state index contributed by atoms with van der Waals surface area (Å²) in [4.78, 5) is 29.3. The maximum absolute atomic E-state index is 13.0. The fourth-order valence-corrected chi connectivity index (χ4v) is 5.34. The van der Waals surface area contributed by atoms with Crippen molar-refractivity contribution in [3.05, 3.63) is 89.0 Å². The van der Waals surface area contributed by atoms with Crippen molar-refractivity contribution in [3.63, 3.8) is 0 Å². The van der Waals surface area contributed by atoms with E-state index in [-0.39, 0.29) is 11.8 Å². The van der Waals surface area contributed by atoms with Gasteiger partial charge in [0.2, 0.25) is 0 Å². The van der Waals surface area contributed by atoms with Crippen molar-refractivity contribution >= 4 is 29.2 Å². The molecule has 192 valence electrons. The number of hydrogen-bond acceptors (Lipinski definition) is 4. The van der Waals surface area contributed by atoms with Crippen LogP contribution < -0.4 is 16.0 Å². The second kappa shape index (κ2) is 9.79. The molecule has 0 aliphatic carbocycles. The molecule has 1 unspecified atom stereocenters. The average Bonchev–Trinajstić information content (AvgIpc) is 3.72. The molecular weight excluding hydrogens is 476 g/mol. The van der Waals surface area contributed by atoms with Gasteiger partial charge in [0.05, 0.1) is 23.0 Å². The van der Waals surface area contributed by atoms with Crippen molar-refractivity contribution < 1.29 is 9.59 Å². The van der Waals surface area contributed by atoms with Crippen molar-refractivity contribution in [3.8, 4) is 16.8 Å². The topological polar surface area (TPSA) is 104 Å². The molecule has 8 heteroatoms. The average molecular weight is 507 g/mol. The standard InChI is InChI=1S/C30H30N6O2/c1-18-27(34-19(2)28(18)30(38)32-16-22-7-6-12-31-22)14-25-24-13-20(10-11-26(24)35-29(25)37)21-15-33-36(17-21)23-8-4-3-5-9-23/h3-5,8-11,13-15,17,22,31,34H,6-7,12,16H2,1-2H3,(H,32,38)(H,35,37). The minimum absolute atomic E-state index is 0.0939. The zero-order chi connectivity index (χ0) is 26.2. The van der Waals surface area contributed by atoms with Gasteiger partial charge in [0.15, 0.2) is 0 Å². The zero-order valence-electron chi connectivity index (χ0n) is 21.5. The SMILES string of the molecule is Cc1[nH]c(C=C2C(=O)Nc3ccc(-c4cnn(-c5ccccc5)c4)cc32)c(C)c1C(=O)NCC1CCCN1. The molecule has 4 N–H and O–H groups in total. The van der Waals surface area contributed by atoms with Gasteiger partial charge in [0.25, 0.3) is 11.8 Å². The van der Waals surface area contributed by atoms with E-state index < -0.39 is 0 Å². The van der Waals surface area contributed by atoms with Gasteiger partial charge in [0.1, 0.15) is 0 Å². The smallest absolute Gasteiger partial charge is 0.256 e. The number of aromatic nitrogens is 3. The molecule has 1 saturated heterocycles. The fraction of sp³-hybridized carbons (Fsp3) is 0.233. The Bertz CT molecular complexity index is 1560. The quantitative estimate of drug-likeness (QED) is 0.290. The van der Waals surface area contributed by atoms with Crippen LogP contribution in [0.25, 0.3) is 28.5 Å². The molecule has 8 nitrogen and oxygen atoms in total. The summed E-state index contributed by atoms with van der Waals surface area (Å²) in [6.07, 6.45) is 7.87. The third-order valence-corrected chi connectivity index (χ3v) is 7.40. The van der Waals surface area contributed by atoms with Gasteiger partial charge in [0, 0.05) is 47.0 Å². The number of aryl methyl sites for hydroxylation is 1. The molecule has 2 aromatic heterocycles. The number of aromatic amines is 1. The number of benzene rings is 2. The first-order valence-electron chi connectivity index (χ1n) is 13.0. The van der Waals surface area contributed by atoms with E-state index in [1.54, 1.807) is 0 Å². The van der Waals surface area contributed by atoms with Gasteiger partial charge >= 0.3 is 0 Å². The lowest BCUT2D eigenvalue weighted by Gasteiger charge is -2.11. The number of para-hydroxylation sites is 1. The normalized spacial score (nSPS) is 17.6. The summed E-state index contributed by atoms with van der Waals surface area (Å²) in [5.41, 5.74) is 8.06. The summed E-state index contributed by atoms with van der Waals surface area (Å²) >= 11 is 0. The third-order valence-electron chi connectivity index (χ3n) is 7.40.